The van der Waals surface area contributed by atoms with E-state index in [-0.39, 0.29) is 12.2 Å². The number of piperidine rings is 1. The molecule has 0 aliphatic carbocycles. The van der Waals surface area contributed by atoms with Crippen molar-refractivity contribution in [2.45, 2.75) is 71.2 Å². The summed E-state index contributed by atoms with van der Waals surface area (Å²) < 4.78 is 22.7. The Kier molecular flexibility index (Phi) is 11.2. The highest BCUT2D eigenvalue weighted by molar-refractivity contribution is 5.68. The van der Waals surface area contributed by atoms with Gasteiger partial charge in [-0.3, -0.25) is 0 Å². The van der Waals surface area contributed by atoms with Gasteiger partial charge < -0.3 is 23.8 Å². The number of hydrogen-bond acceptors (Lipinski definition) is 5. The zero-order valence-corrected chi connectivity index (χ0v) is 18.9. The molecule has 0 atom stereocenters. The van der Waals surface area contributed by atoms with Crippen LogP contribution in [0.1, 0.15) is 58.4 Å². The van der Waals surface area contributed by atoms with Gasteiger partial charge in [0.05, 0.1) is 12.7 Å². The van der Waals surface area contributed by atoms with Crippen LogP contribution in [0.15, 0.2) is 30.3 Å². The largest absolute Gasteiger partial charge is 0.444 e. The fraction of sp³-hybridized carbons (Fsp3) is 0.708. The number of likely N-dealkylation sites (tertiary alicyclic amines) is 1. The second kappa shape index (κ2) is 13.6. The predicted molar refractivity (Wildman–Crippen MR) is 118 cm³/mol. The maximum atomic E-state index is 12.1. The van der Waals surface area contributed by atoms with E-state index in [2.05, 4.69) is 12.1 Å². The lowest BCUT2D eigenvalue weighted by Crippen LogP contribution is -2.43. The molecule has 6 nitrogen and oxygen atoms in total. The van der Waals surface area contributed by atoms with Crippen molar-refractivity contribution in [3.05, 3.63) is 35.9 Å². The van der Waals surface area contributed by atoms with Crippen LogP contribution >= 0.6 is 0 Å². The van der Waals surface area contributed by atoms with Crippen LogP contribution < -0.4 is 0 Å². The Morgan fingerprint density at radius 2 is 1.57 bits per heavy atom. The lowest BCUT2D eigenvalue weighted by molar-refractivity contribution is -0.0134. The molecule has 0 N–H and O–H groups in total. The smallest absolute Gasteiger partial charge is 0.410 e. The quantitative estimate of drug-likeness (QED) is 0.454. The summed E-state index contributed by atoms with van der Waals surface area (Å²) in [7, 11) is 0. The summed E-state index contributed by atoms with van der Waals surface area (Å²) in [5.41, 5.74) is 0.760. The van der Waals surface area contributed by atoms with E-state index in [0.717, 1.165) is 58.5 Å². The van der Waals surface area contributed by atoms with E-state index in [4.69, 9.17) is 18.9 Å². The number of nitrogens with zero attached hydrogens (tertiary/aromatic N) is 1. The highest BCUT2D eigenvalue weighted by Gasteiger charge is 2.26. The molecule has 1 amide bonds. The van der Waals surface area contributed by atoms with Crippen molar-refractivity contribution in [2.24, 2.45) is 0 Å². The molecule has 6 heteroatoms. The average Bonchev–Trinajstić information content (AvgIpc) is 2.72. The van der Waals surface area contributed by atoms with Crippen molar-refractivity contribution >= 4 is 6.09 Å². The van der Waals surface area contributed by atoms with Gasteiger partial charge in [0.2, 0.25) is 0 Å². The van der Waals surface area contributed by atoms with Crippen LogP contribution in [-0.4, -0.2) is 62.2 Å². The molecule has 0 radical (unpaired) electrons. The molecular weight excluding hydrogens is 382 g/mol. The third kappa shape index (κ3) is 11.0. The molecule has 1 saturated heterocycles. The number of benzene rings is 1. The second-order valence-electron chi connectivity index (χ2n) is 8.75. The van der Waals surface area contributed by atoms with Crippen LogP contribution in [-0.2, 0) is 25.6 Å². The fourth-order valence-corrected chi connectivity index (χ4v) is 3.22. The summed E-state index contributed by atoms with van der Waals surface area (Å²) in [4.78, 5) is 13.9. The van der Waals surface area contributed by atoms with Crippen molar-refractivity contribution in [1.82, 2.24) is 4.90 Å². The maximum Gasteiger partial charge on any atom is 0.410 e. The maximum absolute atomic E-state index is 12.1. The van der Waals surface area contributed by atoms with Gasteiger partial charge in [0, 0.05) is 39.5 Å². The van der Waals surface area contributed by atoms with Crippen LogP contribution in [0.2, 0.25) is 0 Å². The Balaban J connectivity index is 1.37. The molecule has 0 unspecified atom stereocenters. The Hall–Kier alpha value is -1.63. The molecule has 0 spiro atoms. The van der Waals surface area contributed by atoms with Crippen molar-refractivity contribution in [3.8, 4) is 0 Å². The molecule has 0 bridgehead atoms. The van der Waals surface area contributed by atoms with Gasteiger partial charge in [-0.1, -0.05) is 30.3 Å². The molecule has 2 rings (SSSR count). The topological polar surface area (TPSA) is 57.2 Å². The summed E-state index contributed by atoms with van der Waals surface area (Å²) in [6.07, 6.45) is 4.69. The van der Waals surface area contributed by atoms with E-state index in [1.54, 1.807) is 4.90 Å². The van der Waals surface area contributed by atoms with E-state index in [1.165, 1.54) is 5.56 Å². The second-order valence-corrected chi connectivity index (χ2v) is 8.75. The van der Waals surface area contributed by atoms with Crippen molar-refractivity contribution < 1.29 is 23.7 Å². The monoisotopic (exact) mass is 421 g/mol. The molecule has 0 saturated carbocycles. The Morgan fingerprint density at radius 1 is 0.933 bits per heavy atom. The van der Waals surface area contributed by atoms with Crippen molar-refractivity contribution in [2.75, 3.05) is 39.5 Å². The van der Waals surface area contributed by atoms with E-state index < -0.39 is 5.60 Å². The van der Waals surface area contributed by atoms with Crippen LogP contribution in [0.25, 0.3) is 0 Å². The molecule has 1 heterocycles. The van der Waals surface area contributed by atoms with E-state index >= 15 is 0 Å². The standard InChI is InChI=1S/C24H39NO5/c1-24(2,3)30-23(26)25-14-12-22(13-15-25)29-19-8-7-16-27-17-9-18-28-20-21-10-5-4-6-11-21/h4-6,10-11,22H,7-9,12-20H2,1-3H3. The SMILES string of the molecule is CC(C)(C)OC(=O)N1CCC(OCCCCOCCCOCc2ccccc2)CC1. The molecular formula is C24H39NO5. The summed E-state index contributed by atoms with van der Waals surface area (Å²) in [5.74, 6) is 0. The zero-order chi connectivity index (χ0) is 21.7. The van der Waals surface area contributed by atoms with Gasteiger partial charge in [-0.2, -0.15) is 0 Å². The van der Waals surface area contributed by atoms with Gasteiger partial charge in [0.15, 0.2) is 0 Å². The van der Waals surface area contributed by atoms with Gasteiger partial charge in [-0.15, -0.1) is 0 Å². The normalized spacial score (nSPS) is 15.4. The molecule has 1 aromatic carbocycles. The number of amides is 1. The van der Waals surface area contributed by atoms with Crippen LogP contribution in [0.5, 0.6) is 0 Å². The molecule has 30 heavy (non-hydrogen) atoms. The highest BCUT2D eigenvalue weighted by Crippen LogP contribution is 2.17. The molecule has 170 valence electrons. The third-order valence-corrected chi connectivity index (χ3v) is 4.82. The number of ether oxygens (including phenoxy) is 4. The predicted octanol–water partition coefficient (Wildman–Crippen LogP) is 4.81. The number of carbonyl (C=O) groups is 1. The molecule has 1 aromatic rings. The fourth-order valence-electron chi connectivity index (χ4n) is 3.22. The Labute approximate surface area is 181 Å². The lowest BCUT2D eigenvalue weighted by atomic mass is 10.1. The Bertz CT molecular complexity index is 579. The van der Waals surface area contributed by atoms with Crippen LogP contribution in [0.4, 0.5) is 4.79 Å². The summed E-state index contributed by atoms with van der Waals surface area (Å²) in [6.45, 7) is 10.7. The summed E-state index contributed by atoms with van der Waals surface area (Å²) in [5, 5.41) is 0. The average molecular weight is 422 g/mol. The van der Waals surface area contributed by atoms with Gasteiger partial charge in [0.25, 0.3) is 0 Å². The van der Waals surface area contributed by atoms with E-state index in [9.17, 15) is 4.79 Å². The van der Waals surface area contributed by atoms with Crippen LogP contribution in [0, 0.1) is 0 Å². The van der Waals surface area contributed by atoms with Gasteiger partial charge in [0.1, 0.15) is 5.60 Å². The minimum absolute atomic E-state index is 0.219. The van der Waals surface area contributed by atoms with Crippen molar-refractivity contribution in [3.63, 3.8) is 0 Å². The lowest BCUT2D eigenvalue weighted by Gasteiger charge is -2.33. The number of carbonyl (C=O) groups excluding carboxylic acids is 1. The number of rotatable bonds is 12. The summed E-state index contributed by atoms with van der Waals surface area (Å²) >= 11 is 0. The summed E-state index contributed by atoms with van der Waals surface area (Å²) in [6, 6.07) is 10.2. The molecule has 1 fully saturated rings. The third-order valence-electron chi connectivity index (χ3n) is 4.82. The van der Waals surface area contributed by atoms with Crippen molar-refractivity contribution in [1.29, 1.82) is 0 Å². The molecule has 1 aliphatic rings. The Morgan fingerprint density at radius 3 is 2.27 bits per heavy atom. The zero-order valence-electron chi connectivity index (χ0n) is 18.9. The minimum Gasteiger partial charge on any atom is -0.444 e. The highest BCUT2D eigenvalue weighted by atomic mass is 16.6. The number of hydrogen-bond donors (Lipinski definition) is 0. The van der Waals surface area contributed by atoms with E-state index in [0.29, 0.717) is 19.7 Å². The first-order valence-corrected chi connectivity index (χ1v) is 11.2. The first-order valence-electron chi connectivity index (χ1n) is 11.2. The van der Waals surface area contributed by atoms with Gasteiger partial charge in [-0.05, 0) is 58.4 Å². The van der Waals surface area contributed by atoms with E-state index in [1.807, 2.05) is 39.0 Å². The first kappa shape index (κ1) is 24.6. The first-order chi connectivity index (χ1) is 14.4. The number of unbranched alkanes of at least 4 members (excludes halogenated alkanes) is 1. The van der Waals surface area contributed by atoms with Gasteiger partial charge >= 0.3 is 6.09 Å². The van der Waals surface area contributed by atoms with Gasteiger partial charge in [-0.25, -0.2) is 4.79 Å². The molecule has 1 aliphatic heterocycles. The van der Waals surface area contributed by atoms with Crippen LogP contribution in [0.3, 0.4) is 0 Å². The molecule has 0 aromatic heterocycles. The minimum atomic E-state index is -0.443.